The molecule has 1 amide bonds. The van der Waals surface area contributed by atoms with Gasteiger partial charge in [-0.3, -0.25) is 9.69 Å². The van der Waals surface area contributed by atoms with E-state index in [4.69, 9.17) is 0 Å². The van der Waals surface area contributed by atoms with Gasteiger partial charge in [0, 0.05) is 38.9 Å². The quantitative estimate of drug-likeness (QED) is 0.498. The molecule has 5 heteroatoms. The number of amides is 1. The van der Waals surface area contributed by atoms with Crippen molar-refractivity contribution >= 4 is 28.1 Å². The van der Waals surface area contributed by atoms with E-state index in [1.54, 1.807) is 11.3 Å². The maximum atomic E-state index is 13.0. The fraction of sp³-hybridized carbons (Fsp3) is 0.208. The molecule has 0 spiro atoms. The van der Waals surface area contributed by atoms with Gasteiger partial charge in [-0.25, -0.2) is 0 Å². The predicted molar refractivity (Wildman–Crippen MR) is 119 cm³/mol. The highest BCUT2D eigenvalue weighted by atomic mass is 32.1. The Kier molecular flexibility index (Phi) is 4.92. The fourth-order valence-electron chi connectivity index (χ4n) is 3.95. The molecule has 1 saturated heterocycles. The summed E-state index contributed by atoms with van der Waals surface area (Å²) in [6.45, 7) is 4.35. The van der Waals surface area contributed by atoms with E-state index in [0.29, 0.717) is 0 Å². The van der Waals surface area contributed by atoms with Crippen LogP contribution in [0.5, 0.6) is 0 Å². The summed E-state index contributed by atoms with van der Waals surface area (Å²) < 4.78 is 2.16. The average Bonchev–Trinajstić information content (AvgIpc) is 3.42. The Morgan fingerprint density at radius 2 is 1.59 bits per heavy atom. The van der Waals surface area contributed by atoms with Crippen molar-refractivity contribution in [3.05, 3.63) is 89.4 Å². The van der Waals surface area contributed by atoms with Gasteiger partial charge in [0.25, 0.3) is 5.91 Å². The van der Waals surface area contributed by atoms with Crippen LogP contribution < -0.4 is 0 Å². The molecule has 4 nitrogen and oxygen atoms in total. The molecule has 5 rings (SSSR count). The van der Waals surface area contributed by atoms with Gasteiger partial charge in [-0.15, -0.1) is 11.3 Å². The van der Waals surface area contributed by atoms with Crippen LogP contribution >= 0.6 is 11.3 Å². The SMILES string of the molecule is O=C(c1ccc(-n2ccc3ccccc32)s1)N1CCN(Cc2ccccc2)CC1. The lowest BCUT2D eigenvalue weighted by atomic mass is 10.2. The first-order valence-electron chi connectivity index (χ1n) is 10.00. The van der Waals surface area contributed by atoms with Crippen molar-refractivity contribution < 1.29 is 4.79 Å². The van der Waals surface area contributed by atoms with E-state index in [1.165, 1.54) is 16.5 Å². The fourth-order valence-corrected chi connectivity index (χ4v) is 4.93. The molecule has 0 unspecified atom stereocenters. The van der Waals surface area contributed by atoms with Crippen LogP contribution in [-0.2, 0) is 6.54 Å². The lowest BCUT2D eigenvalue weighted by Gasteiger charge is -2.34. The molecule has 0 atom stereocenters. The molecule has 29 heavy (non-hydrogen) atoms. The molecule has 1 aliphatic rings. The van der Waals surface area contributed by atoms with Crippen molar-refractivity contribution in [2.75, 3.05) is 26.2 Å². The molecule has 146 valence electrons. The van der Waals surface area contributed by atoms with Crippen molar-refractivity contribution in [1.29, 1.82) is 0 Å². The molecular formula is C24H23N3OS. The van der Waals surface area contributed by atoms with Crippen LogP contribution in [0.3, 0.4) is 0 Å². The highest BCUT2D eigenvalue weighted by molar-refractivity contribution is 7.16. The number of para-hydroxylation sites is 1. The van der Waals surface area contributed by atoms with Gasteiger partial charge in [0.2, 0.25) is 0 Å². The largest absolute Gasteiger partial charge is 0.335 e. The molecule has 1 aliphatic heterocycles. The number of hydrogen-bond donors (Lipinski definition) is 0. The second kappa shape index (κ2) is 7.85. The Morgan fingerprint density at radius 1 is 0.828 bits per heavy atom. The van der Waals surface area contributed by atoms with E-state index in [1.807, 2.05) is 29.2 Å². The number of thiophene rings is 1. The number of aromatic nitrogens is 1. The van der Waals surface area contributed by atoms with Gasteiger partial charge in [-0.2, -0.15) is 0 Å². The Morgan fingerprint density at radius 3 is 2.41 bits per heavy atom. The molecule has 0 radical (unpaired) electrons. The van der Waals surface area contributed by atoms with Gasteiger partial charge in [0.05, 0.1) is 10.4 Å². The number of piperazine rings is 1. The normalized spacial score (nSPS) is 15.1. The van der Waals surface area contributed by atoms with Crippen molar-refractivity contribution in [1.82, 2.24) is 14.4 Å². The van der Waals surface area contributed by atoms with Gasteiger partial charge in [0.1, 0.15) is 5.00 Å². The van der Waals surface area contributed by atoms with Crippen LogP contribution in [0, 0.1) is 0 Å². The number of fused-ring (bicyclic) bond motifs is 1. The molecule has 0 N–H and O–H groups in total. The van der Waals surface area contributed by atoms with Gasteiger partial charge < -0.3 is 9.47 Å². The van der Waals surface area contributed by atoms with Crippen LogP contribution in [0.25, 0.3) is 15.9 Å². The molecule has 3 heterocycles. The third kappa shape index (κ3) is 3.71. The predicted octanol–water partition coefficient (Wildman–Crippen LogP) is 4.65. The summed E-state index contributed by atoms with van der Waals surface area (Å²) in [5, 5.41) is 2.29. The molecule has 0 saturated carbocycles. The molecule has 2 aromatic carbocycles. The number of carbonyl (C=O) groups is 1. The van der Waals surface area contributed by atoms with Gasteiger partial charge in [-0.1, -0.05) is 48.5 Å². The van der Waals surface area contributed by atoms with Gasteiger partial charge >= 0.3 is 0 Å². The minimum absolute atomic E-state index is 0.150. The molecular weight excluding hydrogens is 378 g/mol. The van der Waals surface area contributed by atoms with Crippen molar-refractivity contribution in [3.63, 3.8) is 0 Å². The van der Waals surface area contributed by atoms with Crippen molar-refractivity contribution in [3.8, 4) is 5.00 Å². The van der Waals surface area contributed by atoms with E-state index < -0.39 is 0 Å². The van der Waals surface area contributed by atoms with Crippen molar-refractivity contribution in [2.45, 2.75) is 6.54 Å². The zero-order chi connectivity index (χ0) is 19.6. The lowest BCUT2D eigenvalue weighted by molar-refractivity contribution is 0.0633. The highest BCUT2D eigenvalue weighted by Gasteiger charge is 2.23. The third-order valence-electron chi connectivity index (χ3n) is 5.55. The van der Waals surface area contributed by atoms with Crippen LogP contribution in [-0.4, -0.2) is 46.5 Å². The minimum Gasteiger partial charge on any atom is -0.335 e. The lowest BCUT2D eigenvalue weighted by Crippen LogP contribution is -2.48. The summed E-state index contributed by atoms with van der Waals surface area (Å²) >= 11 is 1.57. The summed E-state index contributed by atoms with van der Waals surface area (Å²) in [7, 11) is 0. The first-order valence-corrected chi connectivity index (χ1v) is 10.8. The monoisotopic (exact) mass is 401 g/mol. The van der Waals surface area contributed by atoms with E-state index >= 15 is 0 Å². The van der Waals surface area contributed by atoms with Crippen LogP contribution in [0.4, 0.5) is 0 Å². The molecule has 2 aromatic heterocycles. The number of nitrogens with zero attached hydrogens (tertiary/aromatic N) is 3. The highest BCUT2D eigenvalue weighted by Crippen LogP contribution is 2.27. The average molecular weight is 402 g/mol. The van der Waals surface area contributed by atoms with E-state index in [2.05, 4.69) is 64.2 Å². The smallest absolute Gasteiger partial charge is 0.264 e. The second-order valence-electron chi connectivity index (χ2n) is 7.44. The van der Waals surface area contributed by atoms with E-state index in [9.17, 15) is 4.79 Å². The molecule has 0 aliphatic carbocycles. The van der Waals surface area contributed by atoms with Gasteiger partial charge in [0.15, 0.2) is 0 Å². The molecule has 0 bridgehead atoms. The van der Waals surface area contributed by atoms with E-state index in [0.717, 1.165) is 42.6 Å². The van der Waals surface area contributed by atoms with Crippen LogP contribution in [0.15, 0.2) is 79.0 Å². The molecule has 4 aromatic rings. The minimum atomic E-state index is 0.150. The summed E-state index contributed by atoms with van der Waals surface area (Å²) in [5.74, 6) is 0.150. The summed E-state index contributed by atoms with van der Waals surface area (Å²) in [4.78, 5) is 18.2. The zero-order valence-corrected chi connectivity index (χ0v) is 17.0. The first kappa shape index (κ1) is 18.2. The maximum absolute atomic E-state index is 13.0. The Bertz CT molecular complexity index is 1120. The summed E-state index contributed by atoms with van der Waals surface area (Å²) in [6.07, 6.45) is 2.08. The Labute approximate surface area is 174 Å². The van der Waals surface area contributed by atoms with Gasteiger partial charge in [-0.05, 0) is 35.2 Å². The number of rotatable bonds is 4. The van der Waals surface area contributed by atoms with Crippen LogP contribution in [0.1, 0.15) is 15.2 Å². The third-order valence-corrected chi connectivity index (χ3v) is 6.62. The first-order chi connectivity index (χ1) is 14.3. The summed E-state index contributed by atoms with van der Waals surface area (Å²) in [5.41, 5.74) is 2.50. The Hall–Kier alpha value is -2.89. The number of hydrogen-bond acceptors (Lipinski definition) is 3. The zero-order valence-electron chi connectivity index (χ0n) is 16.2. The van der Waals surface area contributed by atoms with Crippen LogP contribution in [0.2, 0.25) is 0 Å². The Balaban J connectivity index is 1.25. The number of benzene rings is 2. The maximum Gasteiger partial charge on any atom is 0.264 e. The second-order valence-corrected chi connectivity index (χ2v) is 8.50. The number of carbonyl (C=O) groups excluding carboxylic acids is 1. The molecule has 1 fully saturated rings. The van der Waals surface area contributed by atoms with E-state index in [-0.39, 0.29) is 5.91 Å². The summed E-state index contributed by atoms with van der Waals surface area (Å²) in [6, 6.07) is 25.0. The van der Waals surface area contributed by atoms with Crippen molar-refractivity contribution in [2.24, 2.45) is 0 Å². The topological polar surface area (TPSA) is 28.5 Å². The standard InChI is InChI=1S/C24H23N3OS/c28-24(26-16-14-25(15-17-26)18-19-6-2-1-3-7-19)22-10-11-23(29-22)27-13-12-20-8-4-5-9-21(20)27/h1-13H,14-18H2.